The predicted molar refractivity (Wildman–Crippen MR) is 65.4 cm³/mol. The summed E-state index contributed by atoms with van der Waals surface area (Å²) in [5.41, 5.74) is 6.04. The average molecular weight is 239 g/mol. The second-order valence-electron chi connectivity index (χ2n) is 4.37. The van der Waals surface area contributed by atoms with Gasteiger partial charge in [-0.1, -0.05) is 0 Å². The smallest absolute Gasteiger partial charge is 0.313 e. The van der Waals surface area contributed by atoms with E-state index in [1.165, 1.54) is 0 Å². The van der Waals surface area contributed by atoms with Crippen LogP contribution in [0.4, 0.5) is 0 Å². The summed E-state index contributed by atoms with van der Waals surface area (Å²) in [6.45, 7) is 7.10. The molecule has 1 aromatic heterocycles. The lowest BCUT2D eigenvalue weighted by atomic mass is 9.84. The Hall–Kier alpha value is -1.36. The third-order valence-corrected chi connectivity index (χ3v) is 2.82. The van der Waals surface area contributed by atoms with E-state index in [1.54, 1.807) is 13.1 Å². The molecule has 1 rings (SSSR count). The Morgan fingerprint density at radius 2 is 2.29 bits per heavy atom. The van der Waals surface area contributed by atoms with Crippen LogP contribution in [0.15, 0.2) is 12.4 Å². The van der Waals surface area contributed by atoms with Gasteiger partial charge >= 0.3 is 5.97 Å². The zero-order chi connectivity index (χ0) is 12.9. The molecule has 0 spiro atoms. The van der Waals surface area contributed by atoms with Gasteiger partial charge in [0.1, 0.15) is 0 Å². The van der Waals surface area contributed by atoms with E-state index < -0.39 is 5.41 Å². The summed E-state index contributed by atoms with van der Waals surface area (Å²) in [6.07, 6.45) is 4.27. The van der Waals surface area contributed by atoms with Crippen molar-refractivity contribution in [2.24, 2.45) is 11.1 Å². The molecular weight excluding hydrogens is 218 g/mol. The largest absolute Gasteiger partial charge is 0.466 e. The van der Waals surface area contributed by atoms with Crippen LogP contribution in [0.1, 0.15) is 26.3 Å². The molecule has 0 fully saturated rings. The minimum atomic E-state index is -0.669. The highest BCUT2D eigenvalue weighted by Gasteiger charge is 2.33. The number of carbonyl (C=O) groups excluding carboxylic acids is 1. The Morgan fingerprint density at radius 1 is 1.59 bits per heavy atom. The first-order valence-electron chi connectivity index (χ1n) is 5.94. The van der Waals surface area contributed by atoms with Gasteiger partial charge in [0.25, 0.3) is 0 Å². The van der Waals surface area contributed by atoms with Crippen LogP contribution in [-0.2, 0) is 22.5 Å². The quantitative estimate of drug-likeness (QED) is 0.751. The van der Waals surface area contributed by atoms with E-state index in [0.29, 0.717) is 13.0 Å². The van der Waals surface area contributed by atoms with Gasteiger partial charge in [0, 0.05) is 19.3 Å². The molecular formula is C12H21N3O2. The van der Waals surface area contributed by atoms with Crippen molar-refractivity contribution in [2.75, 3.05) is 13.2 Å². The summed E-state index contributed by atoms with van der Waals surface area (Å²) in [4.78, 5) is 11.8. The Bertz CT molecular complexity index is 376. The summed E-state index contributed by atoms with van der Waals surface area (Å²) < 4.78 is 6.89. The molecule has 96 valence electrons. The van der Waals surface area contributed by atoms with Crippen LogP contribution in [0.5, 0.6) is 0 Å². The molecule has 0 aliphatic rings. The van der Waals surface area contributed by atoms with Crippen molar-refractivity contribution in [1.29, 1.82) is 0 Å². The van der Waals surface area contributed by atoms with Crippen molar-refractivity contribution in [3.05, 3.63) is 18.0 Å². The van der Waals surface area contributed by atoms with E-state index in [2.05, 4.69) is 5.10 Å². The second-order valence-corrected chi connectivity index (χ2v) is 4.37. The molecule has 0 amide bonds. The number of esters is 1. The van der Waals surface area contributed by atoms with Crippen LogP contribution in [0.25, 0.3) is 0 Å². The molecule has 2 N–H and O–H groups in total. The summed E-state index contributed by atoms with van der Waals surface area (Å²) in [7, 11) is 0. The Kier molecular flexibility index (Phi) is 4.69. The van der Waals surface area contributed by atoms with Gasteiger partial charge in [-0.2, -0.15) is 5.10 Å². The summed E-state index contributed by atoms with van der Waals surface area (Å²) in [5, 5.41) is 4.18. The molecule has 1 aromatic rings. The van der Waals surface area contributed by atoms with Crippen LogP contribution in [0.2, 0.25) is 0 Å². The lowest BCUT2D eigenvalue weighted by Gasteiger charge is -2.24. The van der Waals surface area contributed by atoms with E-state index in [9.17, 15) is 4.79 Å². The van der Waals surface area contributed by atoms with Gasteiger partial charge in [0.2, 0.25) is 0 Å². The lowest BCUT2D eigenvalue weighted by molar-refractivity contribution is -0.153. The average Bonchev–Trinajstić information content (AvgIpc) is 2.76. The number of rotatable bonds is 6. The highest BCUT2D eigenvalue weighted by Crippen LogP contribution is 2.23. The topological polar surface area (TPSA) is 70.1 Å². The predicted octanol–water partition coefficient (Wildman–Crippen LogP) is 0.974. The molecule has 0 saturated carbocycles. The van der Waals surface area contributed by atoms with Crippen molar-refractivity contribution in [3.63, 3.8) is 0 Å². The standard InChI is InChI=1S/C12H21N3O2/c1-4-15-8-10(7-14-15)6-12(3,9-13)11(16)17-5-2/h7-8H,4-6,9,13H2,1-3H3. The molecule has 0 aromatic carbocycles. The molecule has 5 nitrogen and oxygen atoms in total. The zero-order valence-corrected chi connectivity index (χ0v) is 10.8. The highest BCUT2D eigenvalue weighted by atomic mass is 16.5. The third-order valence-electron chi connectivity index (χ3n) is 2.82. The van der Waals surface area contributed by atoms with Crippen LogP contribution in [0.3, 0.4) is 0 Å². The van der Waals surface area contributed by atoms with Crippen LogP contribution in [0, 0.1) is 5.41 Å². The zero-order valence-electron chi connectivity index (χ0n) is 10.8. The summed E-state index contributed by atoms with van der Waals surface area (Å²) in [5.74, 6) is -0.244. The Balaban J connectivity index is 2.77. The van der Waals surface area contributed by atoms with Crippen molar-refractivity contribution < 1.29 is 9.53 Å². The molecule has 0 aliphatic carbocycles. The maximum Gasteiger partial charge on any atom is 0.313 e. The maximum atomic E-state index is 11.8. The molecule has 0 radical (unpaired) electrons. The van der Waals surface area contributed by atoms with Gasteiger partial charge in [-0.15, -0.1) is 0 Å². The first kappa shape index (κ1) is 13.7. The molecule has 1 atom stereocenters. The van der Waals surface area contributed by atoms with Crippen molar-refractivity contribution in [1.82, 2.24) is 9.78 Å². The molecule has 0 saturated heterocycles. The fourth-order valence-corrected chi connectivity index (χ4v) is 1.65. The van der Waals surface area contributed by atoms with E-state index >= 15 is 0 Å². The Labute approximate surface area is 102 Å². The number of ether oxygens (including phenoxy) is 1. The number of hydrogen-bond donors (Lipinski definition) is 1. The number of carbonyl (C=O) groups is 1. The molecule has 0 aliphatic heterocycles. The summed E-state index contributed by atoms with van der Waals surface area (Å²) >= 11 is 0. The minimum absolute atomic E-state index is 0.244. The van der Waals surface area contributed by atoms with Crippen LogP contribution < -0.4 is 5.73 Å². The number of nitrogens with zero attached hydrogens (tertiary/aromatic N) is 2. The number of nitrogens with two attached hydrogens (primary N) is 1. The van der Waals surface area contributed by atoms with Gasteiger partial charge in [0.15, 0.2) is 0 Å². The SMILES string of the molecule is CCOC(=O)C(C)(CN)Cc1cnn(CC)c1. The van der Waals surface area contributed by atoms with Gasteiger partial charge in [-0.25, -0.2) is 0 Å². The van der Waals surface area contributed by atoms with E-state index in [-0.39, 0.29) is 12.5 Å². The van der Waals surface area contributed by atoms with E-state index in [4.69, 9.17) is 10.5 Å². The van der Waals surface area contributed by atoms with Crippen LogP contribution >= 0.6 is 0 Å². The molecule has 1 unspecified atom stereocenters. The fourth-order valence-electron chi connectivity index (χ4n) is 1.65. The maximum absolute atomic E-state index is 11.8. The van der Waals surface area contributed by atoms with Crippen molar-refractivity contribution in [3.8, 4) is 0 Å². The third kappa shape index (κ3) is 3.30. The monoisotopic (exact) mass is 239 g/mol. The van der Waals surface area contributed by atoms with E-state index in [0.717, 1.165) is 12.1 Å². The first-order chi connectivity index (χ1) is 8.05. The second kappa shape index (κ2) is 5.82. The Morgan fingerprint density at radius 3 is 2.76 bits per heavy atom. The highest BCUT2D eigenvalue weighted by molar-refractivity contribution is 5.77. The molecule has 5 heteroatoms. The molecule has 1 heterocycles. The van der Waals surface area contributed by atoms with Crippen LogP contribution in [-0.4, -0.2) is 28.9 Å². The van der Waals surface area contributed by atoms with E-state index in [1.807, 2.05) is 24.7 Å². The fraction of sp³-hybridized carbons (Fsp3) is 0.667. The molecule has 17 heavy (non-hydrogen) atoms. The molecule has 0 bridgehead atoms. The van der Waals surface area contributed by atoms with Gasteiger partial charge in [-0.05, 0) is 32.8 Å². The van der Waals surface area contributed by atoms with Gasteiger partial charge < -0.3 is 10.5 Å². The number of aromatic nitrogens is 2. The normalized spacial score (nSPS) is 14.4. The minimum Gasteiger partial charge on any atom is -0.466 e. The van der Waals surface area contributed by atoms with Gasteiger partial charge in [-0.3, -0.25) is 9.48 Å². The van der Waals surface area contributed by atoms with Crippen molar-refractivity contribution in [2.45, 2.75) is 33.7 Å². The number of hydrogen-bond acceptors (Lipinski definition) is 4. The number of aryl methyl sites for hydroxylation is 1. The van der Waals surface area contributed by atoms with Gasteiger partial charge in [0.05, 0.1) is 18.2 Å². The first-order valence-corrected chi connectivity index (χ1v) is 5.94. The summed E-state index contributed by atoms with van der Waals surface area (Å²) in [6, 6.07) is 0. The van der Waals surface area contributed by atoms with Crippen molar-refractivity contribution >= 4 is 5.97 Å². The lowest BCUT2D eigenvalue weighted by Crippen LogP contribution is -2.39.